The second-order valence-electron chi connectivity index (χ2n) is 5.04. The van der Waals surface area contributed by atoms with Gasteiger partial charge >= 0.3 is 0 Å². The summed E-state index contributed by atoms with van der Waals surface area (Å²) in [5.41, 5.74) is 0. The predicted molar refractivity (Wildman–Crippen MR) is 67.0 cm³/mol. The first-order valence-electron chi connectivity index (χ1n) is 6.89. The minimum atomic E-state index is -0.342. The molecule has 3 unspecified atom stereocenters. The average molecular weight is 254 g/mol. The molecule has 5 heteroatoms. The molecule has 0 spiro atoms. The van der Waals surface area contributed by atoms with E-state index in [4.69, 9.17) is 4.74 Å². The van der Waals surface area contributed by atoms with Crippen LogP contribution in [0.4, 0.5) is 0 Å². The lowest BCUT2D eigenvalue weighted by Crippen LogP contribution is -2.65. The van der Waals surface area contributed by atoms with E-state index < -0.39 is 0 Å². The Morgan fingerprint density at radius 3 is 2.72 bits per heavy atom. The molecular formula is C13H22N2O3. The van der Waals surface area contributed by atoms with Crippen molar-refractivity contribution in [2.24, 2.45) is 0 Å². The van der Waals surface area contributed by atoms with Crippen LogP contribution in [0.25, 0.3) is 0 Å². The zero-order chi connectivity index (χ0) is 13.1. The van der Waals surface area contributed by atoms with Crippen LogP contribution in [0, 0.1) is 0 Å². The predicted octanol–water partition coefficient (Wildman–Crippen LogP) is 0.681. The van der Waals surface area contributed by atoms with Crippen molar-refractivity contribution >= 4 is 11.8 Å². The SMILES string of the molecule is CCCC1NC(=O)C(CC)N(C2CCOC2)C1=O. The first-order chi connectivity index (χ1) is 8.69. The van der Waals surface area contributed by atoms with Crippen molar-refractivity contribution in [1.82, 2.24) is 10.2 Å². The molecule has 18 heavy (non-hydrogen) atoms. The number of nitrogens with one attached hydrogen (secondary N) is 1. The molecule has 2 aliphatic heterocycles. The molecule has 0 aromatic rings. The third kappa shape index (κ3) is 2.36. The number of rotatable bonds is 4. The first kappa shape index (κ1) is 13.3. The molecule has 2 aliphatic rings. The summed E-state index contributed by atoms with van der Waals surface area (Å²) in [7, 11) is 0. The summed E-state index contributed by atoms with van der Waals surface area (Å²) in [6, 6.07) is -0.587. The van der Waals surface area contributed by atoms with E-state index in [9.17, 15) is 9.59 Å². The summed E-state index contributed by atoms with van der Waals surface area (Å²) in [6.07, 6.45) is 3.11. The first-order valence-corrected chi connectivity index (χ1v) is 6.89. The van der Waals surface area contributed by atoms with Gasteiger partial charge in [-0.3, -0.25) is 9.59 Å². The third-order valence-corrected chi connectivity index (χ3v) is 3.77. The van der Waals surface area contributed by atoms with E-state index in [1.807, 2.05) is 13.8 Å². The Hall–Kier alpha value is -1.10. The maximum Gasteiger partial charge on any atom is 0.246 e. The maximum atomic E-state index is 12.5. The number of carbonyl (C=O) groups is 2. The van der Waals surface area contributed by atoms with Crippen LogP contribution in [-0.4, -0.2) is 48.1 Å². The van der Waals surface area contributed by atoms with Gasteiger partial charge in [0.15, 0.2) is 0 Å². The molecule has 0 radical (unpaired) electrons. The van der Waals surface area contributed by atoms with E-state index >= 15 is 0 Å². The van der Waals surface area contributed by atoms with Crippen LogP contribution in [0.15, 0.2) is 0 Å². The minimum absolute atomic E-state index is 0.0116. The molecule has 0 saturated carbocycles. The lowest BCUT2D eigenvalue weighted by atomic mass is 9.99. The molecule has 2 amide bonds. The Morgan fingerprint density at radius 1 is 1.39 bits per heavy atom. The van der Waals surface area contributed by atoms with Crippen molar-refractivity contribution < 1.29 is 14.3 Å². The minimum Gasteiger partial charge on any atom is -0.379 e. The molecule has 1 N–H and O–H groups in total. The van der Waals surface area contributed by atoms with Crippen molar-refractivity contribution in [2.75, 3.05) is 13.2 Å². The van der Waals surface area contributed by atoms with Gasteiger partial charge in [0.1, 0.15) is 12.1 Å². The third-order valence-electron chi connectivity index (χ3n) is 3.77. The molecular weight excluding hydrogens is 232 g/mol. The number of piperazine rings is 1. The number of nitrogens with zero attached hydrogens (tertiary/aromatic N) is 1. The second-order valence-corrected chi connectivity index (χ2v) is 5.04. The van der Waals surface area contributed by atoms with Crippen LogP contribution < -0.4 is 5.32 Å². The van der Waals surface area contributed by atoms with Gasteiger partial charge in [-0.25, -0.2) is 0 Å². The van der Waals surface area contributed by atoms with Gasteiger partial charge in [-0.15, -0.1) is 0 Å². The number of hydrogen-bond acceptors (Lipinski definition) is 3. The highest BCUT2D eigenvalue weighted by Gasteiger charge is 2.43. The summed E-state index contributed by atoms with van der Waals surface area (Å²) in [4.78, 5) is 26.3. The Kier molecular flexibility index (Phi) is 4.22. The molecule has 2 saturated heterocycles. The van der Waals surface area contributed by atoms with Crippen molar-refractivity contribution in [3.05, 3.63) is 0 Å². The number of ether oxygens (including phenoxy) is 1. The molecule has 5 nitrogen and oxygen atoms in total. The monoisotopic (exact) mass is 254 g/mol. The zero-order valence-electron chi connectivity index (χ0n) is 11.1. The molecule has 0 aromatic heterocycles. The molecule has 102 valence electrons. The standard InChI is InChI=1S/C13H22N2O3/c1-3-5-10-13(17)15(9-6-7-18-8-9)11(4-2)12(16)14-10/h9-11H,3-8H2,1-2H3,(H,14,16). The number of hydrogen-bond donors (Lipinski definition) is 1. The van der Waals surface area contributed by atoms with Gasteiger partial charge < -0.3 is 15.0 Å². The highest BCUT2D eigenvalue weighted by Crippen LogP contribution is 2.23. The van der Waals surface area contributed by atoms with Crippen LogP contribution in [0.3, 0.4) is 0 Å². The molecule has 2 rings (SSSR count). The van der Waals surface area contributed by atoms with E-state index in [0.29, 0.717) is 26.1 Å². The van der Waals surface area contributed by atoms with Crippen LogP contribution in [0.5, 0.6) is 0 Å². The fraction of sp³-hybridized carbons (Fsp3) is 0.846. The maximum absolute atomic E-state index is 12.5. The van der Waals surface area contributed by atoms with Gasteiger partial charge in [-0.1, -0.05) is 20.3 Å². The number of amides is 2. The van der Waals surface area contributed by atoms with E-state index in [1.165, 1.54) is 0 Å². The summed E-state index contributed by atoms with van der Waals surface area (Å²) in [5, 5.41) is 2.85. The smallest absolute Gasteiger partial charge is 0.246 e. The van der Waals surface area contributed by atoms with Gasteiger partial charge in [0.05, 0.1) is 12.6 Å². The average Bonchev–Trinajstić information content (AvgIpc) is 2.86. The van der Waals surface area contributed by atoms with E-state index in [1.54, 1.807) is 4.90 Å². The van der Waals surface area contributed by atoms with E-state index in [0.717, 1.165) is 12.8 Å². The van der Waals surface area contributed by atoms with Gasteiger partial charge in [0.25, 0.3) is 0 Å². The highest BCUT2D eigenvalue weighted by atomic mass is 16.5. The Balaban J connectivity index is 2.18. The summed E-state index contributed by atoms with van der Waals surface area (Å²) in [6.45, 7) is 5.22. The Labute approximate surface area is 108 Å². The second kappa shape index (κ2) is 5.69. The molecule has 2 heterocycles. The van der Waals surface area contributed by atoms with E-state index in [2.05, 4.69) is 5.32 Å². The normalized spacial score (nSPS) is 32.8. The summed E-state index contributed by atoms with van der Waals surface area (Å²) >= 11 is 0. The van der Waals surface area contributed by atoms with Crippen molar-refractivity contribution in [1.29, 1.82) is 0 Å². The fourth-order valence-corrected chi connectivity index (χ4v) is 2.83. The number of carbonyl (C=O) groups excluding carboxylic acids is 2. The van der Waals surface area contributed by atoms with Crippen LogP contribution >= 0.6 is 0 Å². The van der Waals surface area contributed by atoms with Crippen LogP contribution in [0.2, 0.25) is 0 Å². The van der Waals surface area contributed by atoms with Crippen molar-refractivity contribution in [2.45, 2.75) is 57.7 Å². The van der Waals surface area contributed by atoms with Gasteiger partial charge in [0, 0.05) is 6.61 Å². The van der Waals surface area contributed by atoms with Crippen LogP contribution in [0.1, 0.15) is 39.5 Å². The molecule has 3 atom stereocenters. The van der Waals surface area contributed by atoms with Gasteiger partial charge in [-0.2, -0.15) is 0 Å². The summed E-state index contributed by atoms with van der Waals surface area (Å²) < 4.78 is 5.36. The van der Waals surface area contributed by atoms with Crippen molar-refractivity contribution in [3.63, 3.8) is 0 Å². The lowest BCUT2D eigenvalue weighted by Gasteiger charge is -2.41. The van der Waals surface area contributed by atoms with Gasteiger partial charge in [-0.05, 0) is 19.3 Å². The fourth-order valence-electron chi connectivity index (χ4n) is 2.83. The molecule has 0 bridgehead atoms. The summed E-state index contributed by atoms with van der Waals surface area (Å²) in [5.74, 6) is 0.0567. The largest absolute Gasteiger partial charge is 0.379 e. The van der Waals surface area contributed by atoms with E-state index in [-0.39, 0.29) is 29.9 Å². The van der Waals surface area contributed by atoms with Crippen LogP contribution in [-0.2, 0) is 14.3 Å². The quantitative estimate of drug-likeness (QED) is 0.802. The Bertz CT molecular complexity index is 326. The topological polar surface area (TPSA) is 58.6 Å². The molecule has 0 aliphatic carbocycles. The van der Waals surface area contributed by atoms with Crippen molar-refractivity contribution in [3.8, 4) is 0 Å². The Morgan fingerprint density at radius 2 is 2.17 bits per heavy atom. The highest BCUT2D eigenvalue weighted by molar-refractivity contribution is 5.97. The van der Waals surface area contributed by atoms with Gasteiger partial charge in [0.2, 0.25) is 11.8 Å². The zero-order valence-corrected chi connectivity index (χ0v) is 11.1. The lowest BCUT2D eigenvalue weighted by molar-refractivity contribution is -0.152. The molecule has 2 fully saturated rings. The molecule has 0 aromatic carbocycles.